The van der Waals surface area contributed by atoms with Gasteiger partial charge in [-0.2, -0.15) is 0 Å². The Bertz CT molecular complexity index is 931. The highest BCUT2D eigenvalue weighted by atomic mass is 16.6. The van der Waals surface area contributed by atoms with Crippen molar-refractivity contribution in [1.29, 1.82) is 0 Å². The number of epoxide rings is 1. The molecule has 0 spiro atoms. The maximum atomic E-state index is 13.4. The van der Waals surface area contributed by atoms with Crippen LogP contribution in [0.25, 0.3) is 0 Å². The van der Waals surface area contributed by atoms with Crippen LogP contribution >= 0.6 is 0 Å². The van der Waals surface area contributed by atoms with E-state index < -0.39 is 5.60 Å². The summed E-state index contributed by atoms with van der Waals surface area (Å²) in [4.78, 5) is 13.4. The molecule has 0 amide bonds. The predicted octanol–water partition coefficient (Wildman–Crippen LogP) is 4.38. The van der Waals surface area contributed by atoms with Crippen molar-refractivity contribution in [3.8, 4) is 11.5 Å². The van der Waals surface area contributed by atoms with Crippen LogP contribution in [0.4, 0.5) is 0 Å². The summed E-state index contributed by atoms with van der Waals surface area (Å²) in [6.45, 7) is 0.748. The van der Waals surface area contributed by atoms with E-state index in [4.69, 9.17) is 14.2 Å². The number of rotatable bonds is 7. The molecule has 4 rings (SSSR count). The minimum atomic E-state index is -0.932. The second-order valence-electron chi connectivity index (χ2n) is 6.45. The minimum absolute atomic E-state index is 0.115. The van der Waals surface area contributed by atoms with Crippen LogP contribution in [-0.2, 0) is 16.9 Å². The second-order valence-corrected chi connectivity index (χ2v) is 6.45. The van der Waals surface area contributed by atoms with E-state index in [1.54, 1.807) is 25.3 Å². The van der Waals surface area contributed by atoms with Gasteiger partial charge in [0, 0.05) is 0 Å². The quantitative estimate of drug-likeness (QED) is 0.463. The molecule has 0 bridgehead atoms. The van der Waals surface area contributed by atoms with Gasteiger partial charge < -0.3 is 14.2 Å². The molecule has 1 unspecified atom stereocenters. The fourth-order valence-electron chi connectivity index (χ4n) is 3.10. The average molecular weight is 360 g/mol. The zero-order valence-electron chi connectivity index (χ0n) is 15.1. The molecule has 1 atom stereocenters. The van der Waals surface area contributed by atoms with Crippen molar-refractivity contribution >= 4 is 5.78 Å². The van der Waals surface area contributed by atoms with E-state index in [0.717, 1.165) is 11.1 Å². The summed E-state index contributed by atoms with van der Waals surface area (Å²) >= 11 is 0. The van der Waals surface area contributed by atoms with Crippen LogP contribution in [0.2, 0.25) is 0 Å². The summed E-state index contributed by atoms with van der Waals surface area (Å²) in [5.74, 6) is 1.01. The molecule has 136 valence electrons. The lowest BCUT2D eigenvalue weighted by Crippen LogP contribution is -2.23. The molecule has 0 N–H and O–H groups in total. The van der Waals surface area contributed by atoms with Crippen LogP contribution < -0.4 is 9.47 Å². The molecule has 4 heteroatoms. The van der Waals surface area contributed by atoms with Crippen LogP contribution in [0.15, 0.2) is 78.9 Å². The Hall–Kier alpha value is -3.11. The van der Waals surface area contributed by atoms with Gasteiger partial charge in [-0.3, -0.25) is 4.79 Å². The lowest BCUT2D eigenvalue weighted by atomic mass is 9.90. The first-order chi connectivity index (χ1) is 13.2. The van der Waals surface area contributed by atoms with Crippen molar-refractivity contribution in [2.75, 3.05) is 13.7 Å². The standard InChI is InChI=1S/C23H20O4/c1-25-19-12-13-21(26-15-17-8-4-2-5-9-17)20(14-19)22(24)23(16-27-23)18-10-6-3-7-11-18/h2-14H,15-16H2,1H3. The van der Waals surface area contributed by atoms with Crippen molar-refractivity contribution < 1.29 is 19.0 Å². The zero-order chi connectivity index (χ0) is 18.7. The van der Waals surface area contributed by atoms with Gasteiger partial charge in [-0.1, -0.05) is 60.7 Å². The molecule has 1 heterocycles. The Balaban J connectivity index is 1.65. The average Bonchev–Trinajstić information content (AvgIpc) is 3.55. The number of benzene rings is 3. The molecular weight excluding hydrogens is 340 g/mol. The summed E-state index contributed by atoms with van der Waals surface area (Å²) in [5, 5.41) is 0. The largest absolute Gasteiger partial charge is 0.497 e. The van der Waals surface area contributed by atoms with Crippen LogP contribution in [0.1, 0.15) is 21.5 Å². The van der Waals surface area contributed by atoms with Crippen LogP contribution in [0.3, 0.4) is 0 Å². The van der Waals surface area contributed by atoms with Crippen LogP contribution in [0, 0.1) is 0 Å². The van der Waals surface area contributed by atoms with Crippen LogP contribution in [-0.4, -0.2) is 19.5 Å². The molecule has 1 aliphatic heterocycles. The first kappa shape index (κ1) is 17.3. The van der Waals surface area contributed by atoms with E-state index >= 15 is 0 Å². The van der Waals surface area contributed by atoms with Gasteiger partial charge in [-0.15, -0.1) is 0 Å². The summed E-state index contributed by atoms with van der Waals surface area (Å²) < 4.78 is 16.9. The van der Waals surface area contributed by atoms with Gasteiger partial charge in [0.1, 0.15) is 18.1 Å². The van der Waals surface area contributed by atoms with Crippen molar-refractivity contribution in [2.45, 2.75) is 12.2 Å². The van der Waals surface area contributed by atoms with Gasteiger partial charge in [0.15, 0.2) is 5.60 Å². The molecule has 0 radical (unpaired) electrons. The Kier molecular flexibility index (Phi) is 4.65. The van der Waals surface area contributed by atoms with Crippen molar-refractivity contribution in [1.82, 2.24) is 0 Å². The van der Waals surface area contributed by atoms with Crippen molar-refractivity contribution in [3.05, 3.63) is 95.6 Å². The Labute approximate surface area is 158 Å². The number of ketones is 1. The Morgan fingerprint density at radius 1 is 1.00 bits per heavy atom. The summed E-state index contributed by atoms with van der Waals surface area (Å²) in [6, 6.07) is 24.7. The third-order valence-corrected chi connectivity index (χ3v) is 4.71. The van der Waals surface area contributed by atoms with Gasteiger partial charge in [-0.05, 0) is 29.3 Å². The Morgan fingerprint density at radius 2 is 1.67 bits per heavy atom. The first-order valence-corrected chi connectivity index (χ1v) is 8.82. The van der Waals surface area contributed by atoms with Crippen molar-refractivity contribution in [3.63, 3.8) is 0 Å². The molecule has 1 saturated heterocycles. The highest BCUT2D eigenvalue weighted by molar-refractivity contribution is 6.07. The number of hydrogen-bond acceptors (Lipinski definition) is 4. The number of carbonyl (C=O) groups excluding carboxylic acids is 1. The van der Waals surface area contributed by atoms with Gasteiger partial charge in [-0.25, -0.2) is 0 Å². The molecule has 1 aliphatic rings. The Morgan fingerprint density at radius 3 is 2.30 bits per heavy atom. The molecule has 0 aliphatic carbocycles. The van der Waals surface area contributed by atoms with Gasteiger partial charge >= 0.3 is 0 Å². The fraction of sp³-hybridized carbons (Fsp3) is 0.174. The van der Waals surface area contributed by atoms with E-state index in [2.05, 4.69) is 0 Å². The predicted molar refractivity (Wildman–Crippen MR) is 102 cm³/mol. The SMILES string of the molecule is COc1ccc(OCc2ccccc2)c(C(=O)C2(c3ccccc3)CO2)c1. The van der Waals surface area contributed by atoms with E-state index in [1.165, 1.54) is 0 Å². The number of carbonyl (C=O) groups is 1. The molecule has 27 heavy (non-hydrogen) atoms. The smallest absolute Gasteiger partial charge is 0.205 e. The van der Waals surface area contributed by atoms with Gasteiger partial charge in [0.25, 0.3) is 0 Å². The third kappa shape index (κ3) is 3.44. The fourth-order valence-corrected chi connectivity index (χ4v) is 3.10. The van der Waals surface area contributed by atoms with E-state index in [9.17, 15) is 4.79 Å². The molecule has 4 nitrogen and oxygen atoms in total. The number of hydrogen-bond donors (Lipinski definition) is 0. The normalized spacial score (nSPS) is 18.0. The maximum Gasteiger partial charge on any atom is 0.205 e. The van der Waals surface area contributed by atoms with Crippen molar-refractivity contribution in [2.24, 2.45) is 0 Å². The van der Waals surface area contributed by atoms with E-state index in [-0.39, 0.29) is 5.78 Å². The summed E-state index contributed by atoms with van der Waals surface area (Å²) in [7, 11) is 1.58. The van der Waals surface area contributed by atoms with Gasteiger partial charge in [0.05, 0.1) is 19.3 Å². The second kappa shape index (κ2) is 7.25. The molecule has 3 aromatic carbocycles. The molecule has 0 aromatic heterocycles. The lowest BCUT2D eigenvalue weighted by molar-refractivity contribution is 0.0865. The highest BCUT2D eigenvalue weighted by Crippen LogP contribution is 2.43. The van der Waals surface area contributed by atoms with Crippen LogP contribution in [0.5, 0.6) is 11.5 Å². The molecule has 1 fully saturated rings. The first-order valence-electron chi connectivity index (χ1n) is 8.82. The number of Topliss-reactive ketones (excluding diaryl/α,β-unsaturated/α-hetero) is 1. The molecule has 0 saturated carbocycles. The number of ether oxygens (including phenoxy) is 3. The van der Waals surface area contributed by atoms with E-state index in [1.807, 2.05) is 60.7 Å². The minimum Gasteiger partial charge on any atom is -0.497 e. The van der Waals surface area contributed by atoms with E-state index in [0.29, 0.717) is 30.3 Å². The highest BCUT2D eigenvalue weighted by Gasteiger charge is 2.54. The van der Waals surface area contributed by atoms with Gasteiger partial charge in [0.2, 0.25) is 5.78 Å². The monoisotopic (exact) mass is 360 g/mol. The zero-order valence-corrected chi connectivity index (χ0v) is 15.1. The number of methoxy groups -OCH3 is 1. The molecular formula is C23H20O4. The third-order valence-electron chi connectivity index (χ3n) is 4.71. The maximum absolute atomic E-state index is 13.4. The summed E-state index contributed by atoms with van der Waals surface area (Å²) in [6.07, 6.45) is 0. The summed E-state index contributed by atoms with van der Waals surface area (Å²) in [5.41, 5.74) is 1.42. The molecule has 3 aromatic rings. The lowest BCUT2D eigenvalue weighted by Gasteiger charge is -2.16. The topological polar surface area (TPSA) is 48.1 Å².